The monoisotopic (exact) mass is 277 g/mol. The summed E-state index contributed by atoms with van der Waals surface area (Å²) in [5, 5.41) is 14.4. The standard InChI is InChI=1S/C15H23N3O2/c1-3-17(12-8-5-4-6-9-12)14-11-7-10-13(16-2)15(14)18(19)20/h7,10-12,16H,3-6,8-9H2,1-2H3. The van der Waals surface area contributed by atoms with E-state index < -0.39 is 0 Å². The average Bonchev–Trinajstić information content (AvgIpc) is 2.48. The van der Waals surface area contributed by atoms with Crippen molar-refractivity contribution in [1.29, 1.82) is 0 Å². The maximum Gasteiger partial charge on any atom is 0.315 e. The van der Waals surface area contributed by atoms with E-state index in [1.165, 1.54) is 19.3 Å². The van der Waals surface area contributed by atoms with Crippen LogP contribution in [0, 0.1) is 10.1 Å². The number of nitrogens with zero attached hydrogens (tertiary/aromatic N) is 2. The average molecular weight is 277 g/mol. The predicted molar refractivity (Wildman–Crippen MR) is 82.5 cm³/mol. The highest BCUT2D eigenvalue weighted by molar-refractivity contribution is 5.77. The fourth-order valence-electron chi connectivity index (χ4n) is 3.17. The van der Waals surface area contributed by atoms with E-state index in [4.69, 9.17) is 0 Å². The van der Waals surface area contributed by atoms with Crippen molar-refractivity contribution in [3.8, 4) is 0 Å². The molecule has 0 bridgehead atoms. The van der Waals surface area contributed by atoms with Crippen LogP contribution < -0.4 is 10.2 Å². The molecule has 0 atom stereocenters. The van der Waals surface area contributed by atoms with Crippen LogP contribution in [-0.4, -0.2) is 24.6 Å². The van der Waals surface area contributed by atoms with E-state index in [1.54, 1.807) is 13.1 Å². The minimum atomic E-state index is -0.271. The number of anilines is 2. The van der Waals surface area contributed by atoms with Gasteiger partial charge in [0.25, 0.3) is 0 Å². The van der Waals surface area contributed by atoms with Crippen LogP contribution in [-0.2, 0) is 0 Å². The zero-order chi connectivity index (χ0) is 14.5. The smallest absolute Gasteiger partial charge is 0.315 e. The van der Waals surface area contributed by atoms with Gasteiger partial charge in [0.15, 0.2) is 0 Å². The lowest BCUT2D eigenvalue weighted by molar-refractivity contribution is -0.383. The van der Waals surface area contributed by atoms with Gasteiger partial charge < -0.3 is 10.2 Å². The number of hydrogen-bond acceptors (Lipinski definition) is 4. The summed E-state index contributed by atoms with van der Waals surface area (Å²) >= 11 is 0. The van der Waals surface area contributed by atoms with Crippen LogP contribution in [0.5, 0.6) is 0 Å². The van der Waals surface area contributed by atoms with E-state index in [0.717, 1.165) is 25.1 Å². The fourth-order valence-corrected chi connectivity index (χ4v) is 3.17. The molecule has 1 fully saturated rings. The number of nitro benzene ring substituents is 1. The first-order chi connectivity index (χ1) is 9.69. The number of nitrogens with one attached hydrogen (secondary N) is 1. The van der Waals surface area contributed by atoms with Gasteiger partial charge in [-0.1, -0.05) is 25.3 Å². The maximum atomic E-state index is 11.4. The number of benzene rings is 1. The Balaban J connectivity index is 2.40. The number of nitro groups is 1. The minimum absolute atomic E-state index is 0.197. The molecule has 110 valence electrons. The first-order valence-electron chi connectivity index (χ1n) is 7.40. The SMILES string of the molecule is CCN(c1cccc(NC)c1[N+](=O)[O-])C1CCCCC1. The van der Waals surface area contributed by atoms with Crippen molar-refractivity contribution in [3.05, 3.63) is 28.3 Å². The summed E-state index contributed by atoms with van der Waals surface area (Å²) in [6.07, 6.45) is 6.00. The van der Waals surface area contributed by atoms with Crippen molar-refractivity contribution in [2.75, 3.05) is 23.8 Å². The highest BCUT2D eigenvalue weighted by Crippen LogP contribution is 2.38. The number of para-hydroxylation sites is 1. The van der Waals surface area contributed by atoms with Crippen molar-refractivity contribution < 1.29 is 4.92 Å². The van der Waals surface area contributed by atoms with Crippen molar-refractivity contribution in [1.82, 2.24) is 0 Å². The van der Waals surface area contributed by atoms with Gasteiger partial charge in [0, 0.05) is 19.6 Å². The molecule has 1 aliphatic rings. The van der Waals surface area contributed by atoms with E-state index >= 15 is 0 Å². The third-order valence-electron chi connectivity index (χ3n) is 4.13. The van der Waals surface area contributed by atoms with Crippen molar-refractivity contribution in [2.24, 2.45) is 0 Å². The van der Waals surface area contributed by atoms with Gasteiger partial charge in [0.2, 0.25) is 0 Å². The number of hydrogen-bond donors (Lipinski definition) is 1. The van der Waals surface area contributed by atoms with Gasteiger partial charge in [-0.05, 0) is 31.9 Å². The Hall–Kier alpha value is -1.78. The lowest BCUT2D eigenvalue weighted by Crippen LogP contribution is -2.37. The molecular weight excluding hydrogens is 254 g/mol. The Labute approximate surface area is 120 Å². The molecule has 0 unspecified atom stereocenters. The molecule has 0 spiro atoms. The molecule has 0 amide bonds. The zero-order valence-corrected chi connectivity index (χ0v) is 12.3. The van der Waals surface area contributed by atoms with Crippen LogP contribution >= 0.6 is 0 Å². The molecule has 5 nitrogen and oxygen atoms in total. The zero-order valence-electron chi connectivity index (χ0n) is 12.3. The van der Waals surface area contributed by atoms with Gasteiger partial charge >= 0.3 is 5.69 Å². The Kier molecular flexibility index (Phi) is 4.82. The van der Waals surface area contributed by atoms with Crippen LogP contribution in [0.1, 0.15) is 39.0 Å². The summed E-state index contributed by atoms with van der Waals surface area (Å²) in [5.74, 6) is 0. The van der Waals surface area contributed by atoms with E-state index in [9.17, 15) is 10.1 Å². The Morgan fingerprint density at radius 3 is 2.60 bits per heavy atom. The van der Waals surface area contributed by atoms with Gasteiger partial charge in [-0.25, -0.2) is 0 Å². The molecule has 0 saturated heterocycles. The maximum absolute atomic E-state index is 11.4. The highest BCUT2D eigenvalue weighted by atomic mass is 16.6. The summed E-state index contributed by atoms with van der Waals surface area (Å²) in [6, 6.07) is 5.95. The van der Waals surface area contributed by atoms with Gasteiger partial charge in [0.1, 0.15) is 11.4 Å². The second kappa shape index (κ2) is 6.59. The lowest BCUT2D eigenvalue weighted by atomic mass is 9.93. The molecule has 1 N–H and O–H groups in total. The molecular formula is C15H23N3O2. The molecule has 2 rings (SSSR count). The molecule has 20 heavy (non-hydrogen) atoms. The third-order valence-corrected chi connectivity index (χ3v) is 4.13. The summed E-state index contributed by atoms with van der Waals surface area (Å²) in [7, 11) is 1.73. The molecule has 1 aliphatic carbocycles. The first kappa shape index (κ1) is 14.6. The van der Waals surface area contributed by atoms with Gasteiger partial charge in [-0.15, -0.1) is 0 Å². The second-order valence-corrected chi connectivity index (χ2v) is 5.26. The fraction of sp³-hybridized carbons (Fsp3) is 0.600. The summed E-state index contributed by atoms with van der Waals surface area (Å²) in [6.45, 7) is 2.88. The van der Waals surface area contributed by atoms with Crippen LogP contribution in [0.3, 0.4) is 0 Å². The molecule has 5 heteroatoms. The van der Waals surface area contributed by atoms with Crippen molar-refractivity contribution >= 4 is 17.1 Å². The molecule has 0 aromatic heterocycles. The third kappa shape index (κ3) is 2.86. The normalized spacial score (nSPS) is 15.9. The van der Waals surface area contributed by atoms with Crippen molar-refractivity contribution in [3.63, 3.8) is 0 Å². The topological polar surface area (TPSA) is 58.4 Å². The second-order valence-electron chi connectivity index (χ2n) is 5.26. The van der Waals surface area contributed by atoms with Crippen LogP contribution in [0.25, 0.3) is 0 Å². The summed E-state index contributed by atoms with van der Waals surface area (Å²) in [4.78, 5) is 13.4. The molecule has 0 aliphatic heterocycles. The predicted octanol–water partition coefficient (Wildman–Crippen LogP) is 3.80. The van der Waals surface area contributed by atoms with Gasteiger partial charge in [0.05, 0.1) is 4.92 Å². The van der Waals surface area contributed by atoms with Crippen LogP contribution in [0.4, 0.5) is 17.1 Å². The Morgan fingerprint density at radius 2 is 2.05 bits per heavy atom. The first-order valence-corrected chi connectivity index (χ1v) is 7.40. The van der Waals surface area contributed by atoms with Crippen molar-refractivity contribution in [2.45, 2.75) is 45.1 Å². The summed E-state index contributed by atoms with van der Waals surface area (Å²) < 4.78 is 0. The number of rotatable bonds is 5. The van der Waals surface area contributed by atoms with E-state index in [0.29, 0.717) is 11.7 Å². The molecule has 1 aromatic rings. The lowest BCUT2D eigenvalue weighted by Gasteiger charge is -2.35. The van der Waals surface area contributed by atoms with Gasteiger partial charge in [-0.2, -0.15) is 0 Å². The van der Waals surface area contributed by atoms with E-state index in [1.807, 2.05) is 12.1 Å². The minimum Gasteiger partial charge on any atom is -0.382 e. The molecule has 1 aromatic carbocycles. The van der Waals surface area contributed by atoms with E-state index in [-0.39, 0.29) is 10.6 Å². The quantitative estimate of drug-likeness (QED) is 0.657. The van der Waals surface area contributed by atoms with Crippen LogP contribution in [0.15, 0.2) is 18.2 Å². The van der Waals surface area contributed by atoms with Gasteiger partial charge in [-0.3, -0.25) is 10.1 Å². The van der Waals surface area contributed by atoms with Crippen LogP contribution in [0.2, 0.25) is 0 Å². The molecule has 0 radical (unpaired) electrons. The Bertz CT molecular complexity index is 470. The molecule has 1 saturated carbocycles. The Morgan fingerprint density at radius 1 is 1.35 bits per heavy atom. The summed E-state index contributed by atoms with van der Waals surface area (Å²) in [5.41, 5.74) is 1.53. The largest absolute Gasteiger partial charge is 0.382 e. The molecule has 0 heterocycles. The highest BCUT2D eigenvalue weighted by Gasteiger charge is 2.27. The van der Waals surface area contributed by atoms with E-state index in [2.05, 4.69) is 17.1 Å².